The third-order valence-electron chi connectivity index (χ3n) is 3.80. The number of benzene rings is 1. The zero-order valence-electron chi connectivity index (χ0n) is 12.2. The Morgan fingerprint density at radius 1 is 1.45 bits per heavy atom. The third kappa shape index (κ3) is 2.70. The van der Waals surface area contributed by atoms with Gasteiger partial charge < -0.3 is 4.90 Å². The topological polar surface area (TPSA) is 61.9 Å². The summed E-state index contributed by atoms with van der Waals surface area (Å²) in [6.45, 7) is 1.97. The number of amides is 1. The summed E-state index contributed by atoms with van der Waals surface area (Å²) in [6.07, 6.45) is 3.51. The molecule has 0 spiro atoms. The fourth-order valence-electron chi connectivity index (χ4n) is 2.45. The third-order valence-corrected chi connectivity index (χ3v) is 4.05. The van der Waals surface area contributed by atoms with Crippen molar-refractivity contribution in [3.63, 3.8) is 0 Å². The summed E-state index contributed by atoms with van der Waals surface area (Å²) >= 11 is 5.89. The average Bonchev–Trinajstić information content (AvgIpc) is 3.28. The van der Waals surface area contributed by atoms with Crippen LogP contribution in [0.4, 0.5) is 0 Å². The summed E-state index contributed by atoms with van der Waals surface area (Å²) in [4.78, 5) is 14.3. The highest BCUT2D eigenvalue weighted by Gasteiger charge is 2.34. The van der Waals surface area contributed by atoms with Gasteiger partial charge >= 0.3 is 0 Å². The Hall–Kier alpha value is -2.32. The van der Waals surface area contributed by atoms with Crippen LogP contribution >= 0.6 is 11.6 Å². The first-order chi connectivity index (χ1) is 10.6. The van der Waals surface area contributed by atoms with Gasteiger partial charge in [-0.3, -0.25) is 4.79 Å². The van der Waals surface area contributed by atoms with Crippen LogP contribution in [0.1, 0.15) is 28.9 Å². The highest BCUT2D eigenvalue weighted by Crippen LogP contribution is 2.28. The van der Waals surface area contributed by atoms with Crippen molar-refractivity contribution < 1.29 is 4.79 Å². The largest absolute Gasteiger partial charge is 0.322 e. The Bertz CT molecular complexity index is 740. The molecule has 5 nitrogen and oxygen atoms in total. The van der Waals surface area contributed by atoms with Crippen LogP contribution < -0.4 is 0 Å². The van der Waals surface area contributed by atoms with E-state index in [0.717, 1.165) is 24.2 Å². The van der Waals surface area contributed by atoms with E-state index >= 15 is 0 Å². The number of carbonyl (C=O) groups excluding carboxylic acids is 1. The molecule has 1 aliphatic carbocycles. The van der Waals surface area contributed by atoms with Gasteiger partial charge in [0, 0.05) is 11.1 Å². The van der Waals surface area contributed by atoms with E-state index in [1.54, 1.807) is 27.9 Å². The van der Waals surface area contributed by atoms with Crippen molar-refractivity contribution >= 4 is 17.5 Å². The summed E-state index contributed by atoms with van der Waals surface area (Å²) in [6, 6.07) is 9.54. The second kappa shape index (κ2) is 5.82. The fraction of sp³-hybridized carbons (Fsp3) is 0.312. The normalized spacial score (nSPS) is 13.7. The summed E-state index contributed by atoms with van der Waals surface area (Å²) in [5, 5.41) is 13.9. The van der Waals surface area contributed by atoms with E-state index < -0.39 is 0 Å². The first-order valence-electron chi connectivity index (χ1n) is 7.10. The summed E-state index contributed by atoms with van der Waals surface area (Å²) < 4.78 is 1.71. The highest BCUT2D eigenvalue weighted by molar-refractivity contribution is 6.30. The lowest BCUT2D eigenvalue weighted by Crippen LogP contribution is -2.33. The smallest absolute Gasteiger partial charge is 0.258 e. The molecule has 6 heteroatoms. The van der Waals surface area contributed by atoms with Crippen molar-refractivity contribution in [2.45, 2.75) is 25.8 Å². The predicted octanol–water partition coefficient (Wildman–Crippen LogP) is 2.96. The van der Waals surface area contributed by atoms with Crippen molar-refractivity contribution in [2.24, 2.45) is 0 Å². The van der Waals surface area contributed by atoms with Gasteiger partial charge in [-0.15, -0.1) is 0 Å². The van der Waals surface area contributed by atoms with Gasteiger partial charge in [-0.05, 0) is 44.0 Å². The molecular weight excluding hydrogens is 300 g/mol. The Balaban J connectivity index is 1.91. The Morgan fingerprint density at radius 2 is 2.14 bits per heavy atom. The minimum Gasteiger partial charge on any atom is -0.322 e. The lowest BCUT2D eigenvalue weighted by Gasteiger charge is -2.18. The zero-order valence-corrected chi connectivity index (χ0v) is 12.9. The van der Waals surface area contributed by atoms with E-state index in [2.05, 4.69) is 11.2 Å². The number of carbonyl (C=O) groups is 1. The van der Waals surface area contributed by atoms with Crippen molar-refractivity contribution in [1.29, 1.82) is 5.26 Å². The molecule has 22 heavy (non-hydrogen) atoms. The Kier molecular flexibility index (Phi) is 3.86. The molecule has 0 unspecified atom stereocenters. The van der Waals surface area contributed by atoms with Gasteiger partial charge in [-0.1, -0.05) is 11.6 Å². The fourth-order valence-corrected chi connectivity index (χ4v) is 2.57. The van der Waals surface area contributed by atoms with Crippen LogP contribution in [-0.4, -0.2) is 33.2 Å². The molecule has 0 aliphatic heterocycles. The number of aromatic nitrogens is 2. The van der Waals surface area contributed by atoms with Gasteiger partial charge in [0.15, 0.2) is 0 Å². The van der Waals surface area contributed by atoms with Crippen LogP contribution in [0.25, 0.3) is 5.69 Å². The molecule has 0 atom stereocenters. The van der Waals surface area contributed by atoms with E-state index in [1.807, 2.05) is 19.1 Å². The Morgan fingerprint density at radius 3 is 2.73 bits per heavy atom. The van der Waals surface area contributed by atoms with Gasteiger partial charge in [0.1, 0.15) is 6.54 Å². The molecule has 1 fully saturated rings. The number of rotatable bonds is 4. The van der Waals surface area contributed by atoms with Crippen LogP contribution in [0.3, 0.4) is 0 Å². The maximum Gasteiger partial charge on any atom is 0.258 e. The molecule has 0 saturated heterocycles. The van der Waals surface area contributed by atoms with Crippen LogP contribution in [0, 0.1) is 18.3 Å². The minimum absolute atomic E-state index is 0.120. The molecule has 112 valence electrons. The summed E-state index contributed by atoms with van der Waals surface area (Å²) in [5.41, 5.74) is 2.15. The lowest BCUT2D eigenvalue weighted by atomic mass is 10.2. The second-order valence-corrected chi connectivity index (χ2v) is 5.79. The van der Waals surface area contributed by atoms with Crippen molar-refractivity contribution in [2.75, 3.05) is 6.54 Å². The number of hydrogen-bond donors (Lipinski definition) is 0. The number of nitriles is 1. The molecule has 0 radical (unpaired) electrons. The van der Waals surface area contributed by atoms with Crippen molar-refractivity contribution in [3.05, 3.63) is 46.7 Å². The molecule has 1 amide bonds. The molecule has 1 heterocycles. The van der Waals surface area contributed by atoms with Gasteiger partial charge in [0.25, 0.3) is 5.91 Å². The SMILES string of the molecule is Cc1c(C(=O)N(CC#N)C2CC2)cnn1-c1ccc(Cl)cc1. The second-order valence-electron chi connectivity index (χ2n) is 5.35. The maximum absolute atomic E-state index is 12.6. The highest BCUT2D eigenvalue weighted by atomic mass is 35.5. The van der Waals surface area contributed by atoms with E-state index in [-0.39, 0.29) is 18.5 Å². The predicted molar refractivity (Wildman–Crippen MR) is 83.0 cm³/mol. The average molecular weight is 315 g/mol. The Labute approximate surface area is 133 Å². The van der Waals surface area contributed by atoms with Gasteiger partial charge in [0.2, 0.25) is 0 Å². The van der Waals surface area contributed by atoms with Crippen molar-refractivity contribution in [1.82, 2.24) is 14.7 Å². The van der Waals surface area contributed by atoms with Gasteiger partial charge in [0.05, 0.1) is 29.2 Å². The van der Waals surface area contributed by atoms with E-state index in [4.69, 9.17) is 16.9 Å². The van der Waals surface area contributed by atoms with Gasteiger partial charge in [-0.25, -0.2) is 4.68 Å². The molecule has 1 aromatic heterocycles. The number of hydrogen-bond acceptors (Lipinski definition) is 3. The van der Waals surface area contributed by atoms with Crippen LogP contribution in [-0.2, 0) is 0 Å². The van der Waals surface area contributed by atoms with E-state index in [1.165, 1.54) is 0 Å². The first-order valence-corrected chi connectivity index (χ1v) is 7.48. The first kappa shape index (κ1) is 14.6. The lowest BCUT2D eigenvalue weighted by molar-refractivity contribution is 0.0764. The molecule has 1 aromatic carbocycles. The van der Waals surface area contributed by atoms with Crippen LogP contribution in [0.15, 0.2) is 30.5 Å². The number of halogens is 1. The maximum atomic E-state index is 12.6. The molecule has 1 aliphatic rings. The van der Waals surface area contributed by atoms with Gasteiger partial charge in [-0.2, -0.15) is 10.4 Å². The van der Waals surface area contributed by atoms with Crippen LogP contribution in [0.5, 0.6) is 0 Å². The summed E-state index contributed by atoms with van der Waals surface area (Å²) in [5.74, 6) is -0.123. The van der Waals surface area contributed by atoms with Crippen molar-refractivity contribution in [3.8, 4) is 11.8 Å². The summed E-state index contributed by atoms with van der Waals surface area (Å²) in [7, 11) is 0. The molecule has 0 bridgehead atoms. The molecule has 1 saturated carbocycles. The molecule has 0 N–H and O–H groups in total. The molecular formula is C16H15ClN4O. The standard InChI is InChI=1S/C16H15ClN4O/c1-11-15(16(22)20(9-8-18)13-6-7-13)10-19-21(11)14-4-2-12(17)3-5-14/h2-5,10,13H,6-7,9H2,1H3. The van der Waals surface area contributed by atoms with E-state index in [9.17, 15) is 4.79 Å². The minimum atomic E-state index is -0.123. The monoisotopic (exact) mass is 314 g/mol. The number of nitrogens with zero attached hydrogens (tertiary/aromatic N) is 4. The zero-order chi connectivity index (χ0) is 15.7. The van der Waals surface area contributed by atoms with E-state index in [0.29, 0.717) is 10.6 Å². The quantitative estimate of drug-likeness (QED) is 0.815. The molecule has 3 rings (SSSR count). The molecule has 2 aromatic rings. The van der Waals surface area contributed by atoms with Crippen LogP contribution in [0.2, 0.25) is 5.02 Å².